The van der Waals surface area contributed by atoms with Crippen LogP contribution in [0.1, 0.15) is 12.8 Å². The minimum Gasteiger partial charge on any atom is -0.493 e. The Labute approximate surface area is 277 Å². The van der Waals surface area contributed by atoms with Crippen LogP contribution < -0.4 is 19.0 Å². The van der Waals surface area contributed by atoms with Gasteiger partial charge in [0.2, 0.25) is 0 Å². The standard InChI is InChI=1S/C33H43BrN7O3S/c1-40(2,3)18-10-20-43-28-13-9-8-12-27(28)38-36-32(37-39(38)33-35-26-16-15-25(34)23-31(26)45-33)24-14-17-29(30(22-24)42-7)44-21-11-19-41(4,5)6/h8-9,12-17,22-23H,10-11,18-21H2,1-7H3/q+3. The third-order valence-electron chi connectivity index (χ3n) is 7.03. The van der Waals surface area contributed by atoms with E-state index in [-0.39, 0.29) is 0 Å². The van der Waals surface area contributed by atoms with E-state index in [1.54, 1.807) is 28.0 Å². The number of thiazole rings is 1. The molecule has 0 aliphatic carbocycles. The Morgan fingerprint density at radius 2 is 1.51 bits per heavy atom. The highest BCUT2D eigenvalue weighted by Gasteiger charge is 2.27. The molecule has 2 heterocycles. The number of ether oxygens (including phenoxy) is 3. The van der Waals surface area contributed by atoms with Crippen LogP contribution in [0.5, 0.6) is 17.2 Å². The second-order valence-electron chi connectivity index (χ2n) is 13.0. The quantitative estimate of drug-likeness (QED) is 0.0863. The highest BCUT2D eigenvalue weighted by Crippen LogP contribution is 2.32. The third kappa shape index (κ3) is 8.57. The molecule has 12 heteroatoms. The molecule has 2 aromatic heterocycles. The van der Waals surface area contributed by atoms with E-state index in [9.17, 15) is 0 Å². The largest absolute Gasteiger partial charge is 0.493 e. The van der Waals surface area contributed by atoms with Crippen molar-refractivity contribution >= 4 is 37.5 Å². The van der Waals surface area contributed by atoms with Gasteiger partial charge in [0.05, 0.1) is 80.4 Å². The van der Waals surface area contributed by atoms with Crippen molar-refractivity contribution in [3.63, 3.8) is 0 Å². The first-order chi connectivity index (χ1) is 21.4. The summed E-state index contributed by atoms with van der Waals surface area (Å²) in [6.45, 7) is 3.23. The Balaban J connectivity index is 1.51. The van der Waals surface area contributed by atoms with E-state index >= 15 is 0 Å². The molecule has 0 N–H and O–H groups in total. The van der Waals surface area contributed by atoms with Crippen molar-refractivity contribution in [3.8, 4) is 39.5 Å². The highest BCUT2D eigenvalue weighted by molar-refractivity contribution is 9.10. The summed E-state index contributed by atoms with van der Waals surface area (Å²) in [4.78, 5) is 8.41. The molecular formula is C33H43BrN7O3S+3. The molecule has 5 rings (SSSR count). The maximum absolute atomic E-state index is 6.31. The number of aromatic nitrogens is 5. The van der Waals surface area contributed by atoms with Crippen molar-refractivity contribution in [2.45, 2.75) is 12.8 Å². The van der Waals surface area contributed by atoms with Crippen LogP contribution in [0.3, 0.4) is 0 Å². The van der Waals surface area contributed by atoms with Crippen molar-refractivity contribution in [1.29, 1.82) is 0 Å². The molecule has 0 saturated carbocycles. The van der Waals surface area contributed by atoms with E-state index in [4.69, 9.17) is 29.4 Å². The SMILES string of the molecule is COc1cc(-c2nn(-c3ccccc3OCCC[N+](C)(C)C)[n+](-c3nc4ccc(Br)cc4s3)n2)ccc1OCCC[N+](C)(C)C. The van der Waals surface area contributed by atoms with Gasteiger partial charge in [-0.1, -0.05) is 44.4 Å². The summed E-state index contributed by atoms with van der Waals surface area (Å²) in [6, 6.07) is 19.8. The molecule has 0 fully saturated rings. The van der Waals surface area contributed by atoms with Crippen molar-refractivity contribution in [1.82, 2.24) is 20.0 Å². The normalized spacial score (nSPS) is 12.1. The Kier molecular flexibility index (Phi) is 10.1. The first kappa shape index (κ1) is 32.8. The van der Waals surface area contributed by atoms with Crippen LogP contribution in [-0.2, 0) is 0 Å². The van der Waals surface area contributed by atoms with Crippen LogP contribution in [0.4, 0.5) is 0 Å². The lowest BCUT2D eigenvalue weighted by atomic mass is 10.2. The lowest BCUT2D eigenvalue weighted by molar-refractivity contribution is -0.870. The molecule has 5 aromatic rings. The summed E-state index contributed by atoms with van der Waals surface area (Å²) in [5.74, 6) is 2.57. The molecule has 0 spiro atoms. The summed E-state index contributed by atoms with van der Waals surface area (Å²) >= 11 is 5.13. The minimum absolute atomic E-state index is 0.519. The molecule has 45 heavy (non-hydrogen) atoms. The van der Waals surface area contributed by atoms with Crippen LogP contribution >= 0.6 is 27.3 Å². The topological polar surface area (TPSA) is 75.2 Å². The van der Waals surface area contributed by atoms with Crippen LogP contribution in [0.25, 0.3) is 32.4 Å². The predicted octanol–water partition coefficient (Wildman–Crippen LogP) is 5.54. The van der Waals surface area contributed by atoms with Crippen molar-refractivity contribution in [3.05, 3.63) is 65.1 Å². The Bertz CT molecular complexity index is 1760. The predicted molar refractivity (Wildman–Crippen MR) is 182 cm³/mol. The van der Waals surface area contributed by atoms with Gasteiger partial charge in [-0.25, -0.2) is 0 Å². The Hall–Kier alpha value is -3.58. The maximum atomic E-state index is 6.31. The number of fused-ring (bicyclic) bond motifs is 1. The van der Waals surface area contributed by atoms with Crippen molar-refractivity contribution in [2.75, 3.05) is 75.7 Å². The van der Waals surface area contributed by atoms with Gasteiger partial charge in [0.15, 0.2) is 22.7 Å². The molecule has 0 saturated heterocycles. The number of benzene rings is 3. The monoisotopic (exact) mass is 696 g/mol. The second kappa shape index (κ2) is 13.8. The van der Waals surface area contributed by atoms with Gasteiger partial charge < -0.3 is 23.2 Å². The highest BCUT2D eigenvalue weighted by atomic mass is 79.9. The number of rotatable bonds is 14. The number of hydrogen-bond donors (Lipinski definition) is 0. The van der Waals surface area contributed by atoms with Gasteiger partial charge in [-0.3, -0.25) is 0 Å². The number of methoxy groups -OCH3 is 1. The smallest absolute Gasteiger partial charge is 0.365 e. The molecule has 0 amide bonds. The van der Waals surface area contributed by atoms with Crippen LogP contribution in [0.15, 0.2) is 65.1 Å². The van der Waals surface area contributed by atoms with E-state index < -0.39 is 0 Å². The lowest BCUT2D eigenvalue weighted by Gasteiger charge is -2.23. The Morgan fingerprint density at radius 3 is 2.20 bits per heavy atom. The number of halogens is 1. The van der Waals surface area contributed by atoms with Crippen molar-refractivity contribution < 1.29 is 28.0 Å². The molecule has 0 bridgehead atoms. The summed E-state index contributed by atoms with van der Waals surface area (Å²) in [5, 5.41) is 10.7. The summed E-state index contributed by atoms with van der Waals surface area (Å²) in [7, 11) is 14.7. The fourth-order valence-electron chi connectivity index (χ4n) is 4.76. The molecule has 0 aliphatic heterocycles. The van der Waals surface area contributed by atoms with Gasteiger partial charge in [0, 0.05) is 28.0 Å². The van der Waals surface area contributed by atoms with Gasteiger partial charge in [-0.2, -0.15) is 0 Å². The van der Waals surface area contributed by atoms with Gasteiger partial charge in [-0.05, 0) is 63.2 Å². The molecular weight excluding hydrogens is 654 g/mol. The van der Waals surface area contributed by atoms with Gasteiger partial charge in [0.25, 0.3) is 5.82 Å². The number of quaternary nitrogens is 2. The van der Waals surface area contributed by atoms with E-state index in [0.29, 0.717) is 35.7 Å². The summed E-state index contributed by atoms with van der Waals surface area (Å²) in [5.41, 5.74) is 2.45. The van der Waals surface area contributed by atoms with E-state index in [2.05, 4.69) is 64.3 Å². The molecule has 0 atom stereocenters. The molecule has 0 unspecified atom stereocenters. The number of nitrogens with zero attached hydrogens (tertiary/aromatic N) is 7. The number of hydrogen-bond acceptors (Lipinski definition) is 7. The fourth-order valence-corrected chi connectivity index (χ4v) is 6.22. The second-order valence-corrected chi connectivity index (χ2v) is 14.9. The zero-order chi connectivity index (χ0) is 32.2. The van der Waals surface area contributed by atoms with E-state index in [1.807, 2.05) is 54.6 Å². The average Bonchev–Trinajstić information content (AvgIpc) is 3.61. The van der Waals surface area contributed by atoms with E-state index in [0.717, 1.165) is 66.6 Å². The molecule has 0 aliphatic rings. The molecule has 10 nitrogen and oxygen atoms in total. The fraction of sp³-hybridized carbons (Fsp3) is 0.394. The Morgan fingerprint density at radius 1 is 0.822 bits per heavy atom. The van der Waals surface area contributed by atoms with Crippen LogP contribution in [0.2, 0.25) is 0 Å². The van der Waals surface area contributed by atoms with Crippen molar-refractivity contribution in [2.24, 2.45) is 0 Å². The summed E-state index contributed by atoms with van der Waals surface area (Å²) in [6.07, 6.45) is 1.87. The number of tetrazole rings is 1. The molecule has 238 valence electrons. The minimum atomic E-state index is 0.519. The lowest BCUT2D eigenvalue weighted by Crippen LogP contribution is -2.43. The van der Waals surface area contributed by atoms with E-state index in [1.165, 1.54) is 0 Å². The third-order valence-corrected chi connectivity index (χ3v) is 8.51. The zero-order valence-electron chi connectivity index (χ0n) is 27.2. The zero-order valence-corrected chi connectivity index (χ0v) is 29.6. The van der Waals surface area contributed by atoms with Gasteiger partial charge >= 0.3 is 5.13 Å². The van der Waals surface area contributed by atoms with Gasteiger partial charge in [-0.15, -0.1) is 0 Å². The molecule has 0 radical (unpaired) electrons. The van der Waals surface area contributed by atoms with Crippen LogP contribution in [-0.4, -0.2) is 105 Å². The maximum Gasteiger partial charge on any atom is 0.365 e. The number of para-hydroxylation sites is 2. The first-order valence-electron chi connectivity index (χ1n) is 15.0. The van der Waals surface area contributed by atoms with Crippen LogP contribution in [0, 0.1) is 0 Å². The first-order valence-corrected chi connectivity index (χ1v) is 16.6. The summed E-state index contributed by atoms with van der Waals surface area (Å²) < 4.78 is 22.0. The molecule has 3 aromatic carbocycles. The van der Waals surface area contributed by atoms with Gasteiger partial charge in [0.1, 0.15) is 5.75 Å². The average molecular weight is 698 g/mol.